The van der Waals surface area contributed by atoms with Crippen molar-refractivity contribution in [1.29, 1.82) is 0 Å². The molecule has 0 bridgehead atoms. The molecule has 0 aromatic carbocycles. The first kappa shape index (κ1) is 15.4. The van der Waals surface area contributed by atoms with Crippen LogP contribution in [0.25, 0.3) is 0 Å². The second kappa shape index (κ2) is 7.67. The van der Waals surface area contributed by atoms with Gasteiger partial charge >= 0.3 is 0 Å². The highest BCUT2D eigenvalue weighted by molar-refractivity contribution is 7.80. The van der Waals surface area contributed by atoms with Crippen LogP contribution in [0.2, 0.25) is 0 Å². The molecule has 110 valence electrons. The van der Waals surface area contributed by atoms with Gasteiger partial charge in [-0.2, -0.15) is 0 Å². The first-order valence-corrected chi connectivity index (χ1v) is 7.69. The van der Waals surface area contributed by atoms with Crippen LogP contribution in [0.5, 0.6) is 0 Å². The number of hydrogen-bond acceptors (Lipinski definition) is 4. The van der Waals surface area contributed by atoms with E-state index in [1.165, 1.54) is 6.42 Å². The zero-order chi connectivity index (χ0) is 14.4. The first-order valence-electron chi connectivity index (χ1n) is 7.28. The maximum absolute atomic E-state index is 5.87. The molecule has 1 aromatic rings. The van der Waals surface area contributed by atoms with Crippen LogP contribution in [0.15, 0.2) is 18.3 Å². The van der Waals surface area contributed by atoms with E-state index in [9.17, 15) is 0 Å². The molecule has 0 amide bonds. The second-order valence-electron chi connectivity index (χ2n) is 5.25. The number of thiocarbonyl (C=S) groups is 1. The monoisotopic (exact) mass is 293 g/mol. The van der Waals surface area contributed by atoms with Gasteiger partial charge < -0.3 is 10.5 Å². The molecule has 5 heteroatoms. The van der Waals surface area contributed by atoms with Crippen LogP contribution in [0.4, 0.5) is 0 Å². The predicted molar refractivity (Wildman–Crippen MR) is 84.7 cm³/mol. The van der Waals surface area contributed by atoms with Crippen molar-refractivity contribution in [2.45, 2.75) is 38.8 Å². The van der Waals surface area contributed by atoms with E-state index in [4.69, 9.17) is 22.7 Å². The highest BCUT2D eigenvalue weighted by atomic mass is 32.1. The van der Waals surface area contributed by atoms with Crippen molar-refractivity contribution in [2.75, 3.05) is 19.7 Å². The highest BCUT2D eigenvalue weighted by Crippen LogP contribution is 2.17. The van der Waals surface area contributed by atoms with E-state index < -0.39 is 0 Å². The fourth-order valence-electron chi connectivity index (χ4n) is 2.61. The smallest absolute Gasteiger partial charge is 0.123 e. The largest absolute Gasteiger partial charge is 0.388 e. The van der Waals surface area contributed by atoms with Gasteiger partial charge in [0.05, 0.1) is 6.10 Å². The molecule has 1 saturated heterocycles. The molecule has 0 saturated carbocycles. The normalized spacial score (nSPS) is 19.9. The van der Waals surface area contributed by atoms with E-state index in [0.29, 0.717) is 11.1 Å². The number of hydrogen-bond donors (Lipinski definition) is 1. The fraction of sp³-hybridized carbons (Fsp3) is 0.600. The van der Waals surface area contributed by atoms with E-state index >= 15 is 0 Å². The SMILES string of the molecule is CCCOC1CCCN(Cc2cccnc2C(N)=S)C1. The predicted octanol–water partition coefficient (Wildman–Crippen LogP) is 2.11. The Bertz CT molecular complexity index is 452. The van der Waals surface area contributed by atoms with Crippen molar-refractivity contribution >= 4 is 17.2 Å². The van der Waals surface area contributed by atoms with E-state index in [0.717, 1.165) is 50.3 Å². The molecule has 4 nitrogen and oxygen atoms in total. The third-order valence-corrected chi connectivity index (χ3v) is 3.73. The van der Waals surface area contributed by atoms with Crippen molar-refractivity contribution in [3.63, 3.8) is 0 Å². The molecule has 0 aliphatic carbocycles. The molecule has 0 radical (unpaired) electrons. The highest BCUT2D eigenvalue weighted by Gasteiger charge is 2.21. The number of nitrogens with two attached hydrogens (primary N) is 1. The topological polar surface area (TPSA) is 51.4 Å². The Morgan fingerprint density at radius 2 is 2.45 bits per heavy atom. The van der Waals surface area contributed by atoms with Gasteiger partial charge in [-0.3, -0.25) is 9.88 Å². The molecule has 2 N–H and O–H groups in total. The van der Waals surface area contributed by atoms with Gasteiger partial charge in [0.2, 0.25) is 0 Å². The van der Waals surface area contributed by atoms with Gasteiger partial charge in [-0.05, 0) is 37.4 Å². The van der Waals surface area contributed by atoms with Gasteiger partial charge in [0.25, 0.3) is 0 Å². The van der Waals surface area contributed by atoms with Gasteiger partial charge in [-0.25, -0.2) is 0 Å². The van der Waals surface area contributed by atoms with Crippen LogP contribution >= 0.6 is 12.2 Å². The molecule has 1 aliphatic heterocycles. The summed E-state index contributed by atoms with van der Waals surface area (Å²) in [6.45, 7) is 5.91. The minimum atomic E-state index is 0.355. The summed E-state index contributed by atoms with van der Waals surface area (Å²) in [4.78, 5) is 7.07. The molecule has 1 aromatic heterocycles. The van der Waals surface area contributed by atoms with Crippen LogP contribution in [0.1, 0.15) is 37.4 Å². The minimum absolute atomic E-state index is 0.355. The summed E-state index contributed by atoms with van der Waals surface area (Å²) in [5.74, 6) is 0. The Hall–Kier alpha value is -1.04. The lowest BCUT2D eigenvalue weighted by atomic mass is 10.1. The number of pyridine rings is 1. The van der Waals surface area contributed by atoms with Crippen LogP contribution in [0, 0.1) is 0 Å². The summed E-state index contributed by atoms with van der Waals surface area (Å²) < 4.78 is 5.87. The van der Waals surface area contributed by atoms with Crippen molar-refractivity contribution in [3.05, 3.63) is 29.6 Å². The zero-order valence-electron chi connectivity index (χ0n) is 12.0. The van der Waals surface area contributed by atoms with E-state index in [2.05, 4.69) is 22.9 Å². The molecular formula is C15H23N3OS. The molecule has 2 heterocycles. The maximum atomic E-state index is 5.87. The molecule has 2 rings (SSSR count). The van der Waals surface area contributed by atoms with Crippen molar-refractivity contribution in [3.8, 4) is 0 Å². The molecule has 0 spiro atoms. The number of rotatable bonds is 6. The molecular weight excluding hydrogens is 270 g/mol. The Labute approximate surface area is 126 Å². The maximum Gasteiger partial charge on any atom is 0.123 e. The van der Waals surface area contributed by atoms with Crippen LogP contribution < -0.4 is 5.73 Å². The Balaban J connectivity index is 1.97. The lowest BCUT2D eigenvalue weighted by Crippen LogP contribution is -2.39. The number of piperidine rings is 1. The molecule has 1 aliphatic rings. The summed E-state index contributed by atoms with van der Waals surface area (Å²) in [6.07, 6.45) is 5.50. The summed E-state index contributed by atoms with van der Waals surface area (Å²) in [7, 11) is 0. The molecule has 1 atom stereocenters. The Morgan fingerprint density at radius 3 is 3.20 bits per heavy atom. The van der Waals surface area contributed by atoms with Crippen molar-refractivity contribution in [2.24, 2.45) is 5.73 Å². The average molecular weight is 293 g/mol. The third kappa shape index (κ3) is 4.23. The summed E-state index contributed by atoms with van der Waals surface area (Å²) in [6, 6.07) is 3.99. The standard InChI is InChI=1S/C15H23N3OS/c1-2-9-19-13-6-4-8-18(11-13)10-12-5-3-7-17-14(12)15(16)20/h3,5,7,13H,2,4,6,8-11H2,1H3,(H2,16,20). The van der Waals surface area contributed by atoms with Gasteiger partial charge in [0.15, 0.2) is 0 Å². The third-order valence-electron chi connectivity index (χ3n) is 3.54. The lowest BCUT2D eigenvalue weighted by molar-refractivity contribution is -0.00226. The van der Waals surface area contributed by atoms with Crippen LogP contribution in [0.3, 0.4) is 0 Å². The van der Waals surface area contributed by atoms with E-state index in [1.807, 2.05) is 6.07 Å². The van der Waals surface area contributed by atoms with Gasteiger partial charge in [-0.15, -0.1) is 0 Å². The second-order valence-corrected chi connectivity index (χ2v) is 5.69. The Kier molecular flexibility index (Phi) is 5.88. The number of nitrogens with zero attached hydrogens (tertiary/aromatic N) is 2. The lowest BCUT2D eigenvalue weighted by Gasteiger charge is -2.32. The molecule has 1 unspecified atom stereocenters. The van der Waals surface area contributed by atoms with Crippen molar-refractivity contribution < 1.29 is 4.74 Å². The molecule has 20 heavy (non-hydrogen) atoms. The number of likely N-dealkylation sites (tertiary alicyclic amines) is 1. The zero-order valence-corrected chi connectivity index (χ0v) is 12.9. The van der Waals surface area contributed by atoms with Gasteiger partial charge in [0.1, 0.15) is 10.7 Å². The van der Waals surface area contributed by atoms with E-state index in [1.54, 1.807) is 6.20 Å². The van der Waals surface area contributed by atoms with Gasteiger partial charge in [-0.1, -0.05) is 25.2 Å². The fourth-order valence-corrected chi connectivity index (χ4v) is 2.79. The van der Waals surface area contributed by atoms with Gasteiger partial charge in [0, 0.05) is 25.9 Å². The van der Waals surface area contributed by atoms with Crippen LogP contribution in [-0.4, -0.2) is 40.7 Å². The van der Waals surface area contributed by atoms with Crippen LogP contribution in [-0.2, 0) is 11.3 Å². The number of ether oxygens (including phenoxy) is 1. The minimum Gasteiger partial charge on any atom is -0.388 e. The first-order chi connectivity index (χ1) is 9.70. The molecule has 1 fully saturated rings. The van der Waals surface area contributed by atoms with Crippen molar-refractivity contribution in [1.82, 2.24) is 9.88 Å². The summed E-state index contributed by atoms with van der Waals surface area (Å²) in [5, 5.41) is 0. The number of aromatic nitrogens is 1. The summed E-state index contributed by atoms with van der Waals surface area (Å²) in [5.41, 5.74) is 7.60. The quantitative estimate of drug-likeness (QED) is 0.814. The summed E-state index contributed by atoms with van der Waals surface area (Å²) >= 11 is 5.07. The van der Waals surface area contributed by atoms with E-state index in [-0.39, 0.29) is 0 Å². The average Bonchev–Trinajstić information content (AvgIpc) is 2.46. The Morgan fingerprint density at radius 1 is 1.60 bits per heavy atom.